The van der Waals surface area contributed by atoms with E-state index in [9.17, 15) is 4.79 Å². The Labute approximate surface area is 98.7 Å². The van der Waals surface area contributed by atoms with Crippen molar-refractivity contribution in [3.05, 3.63) is 11.6 Å². The number of hydrogen-bond donors (Lipinski definition) is 1. The van der Waals surface area contributed by atoms with E-state index in [1.165, 1.54) is 31.3 Å². The minimum Gasteiger partial charge on any atom is -0.481 e. The highest BCUT2D eigenvalue weighted by atomic mass is 16.4. The van der Waals surface area contributed by atoms with E-state index in [2.05, 4.69) is 19.9 Å². The van der Waals surface area contributed by atoms with Crippen LogP contribution in [0.25, 0.3) is 0 Å². The van der Waals surface area contributed by atoms with Crippen molar-refractivity contribution in [1.82, 2.24) is 0 Å². The molecule has 1 rings (SSSR count). The van der Waals surface area contributed by atoms with E-state index in [-0.39, 0.29) is 5.92 Å². The second-order valence-corrected chi connectivity index (χ2v) is 5.48. The van der Waals surface area contributed by atoms with Crippen LogP contribution in [0.2, 0.25) is 0 Å². The Morgan fingerprint density at radius 2 is 1.94 bits per heavy atom. The molecule has 2 nitrogen and oxygen atoms in total. The second kappa shape index (κ2) is 6.07. The smallest absolute Gasteiger partial charge is 0.306 e. The summed E-state index contributed by atoms with van der Waals surface area (Å²) in [6, 6.07) is 0. The van der Waals surface area contributed by atoms with Gasteiger partial charge in [0.05, 0.1) is 5.92 Å². The van der Waals surface area contributed by atoms with Gasteiger partial charge in [-0.2, -0.15) is 0 Å². The average molecular weight is 224 g/mol. The number of aliphatic carboxylic acids is 1. The third kappa shape index (κ3) is 4.38. The van der Waals surface area contributed by atoms with Crippen molar-refractivity contribution in [3.63, 3.8) is 0 Å². The summed E-state index contributed by atoms with van der Waals surface area (Å²) in [5.74, 6) is 0.629. The summed E-state index contributed by atoms with van der Waals surface area (Å²) in [4.78, 5) is 10.7. The zero-order valence-electron chi connectivity index (χ0n) is 10.7. The van der Waals surface area contributed by atoms with E-state index < -0.39 is 5.97 Å². The quantitative estimate of drug-likeness (QED) is 0.736. The van der Waals surface area contributed by atoms with Crippen molar-refractivity contribution < 1.29 is 9.90 Å². The van der Waals surface area contributed by atoms with Crippen LogP contribution < -0.4 is 0 Å². The summed E-state index contributed by atoms with van der Waals surface area (Å²) in [6.45, 7) is 6.17. The van der Waals surface area contributed by atoms with Gasteiger partial charge in [-0.05, 0) is 38.0 Å². The lowest BCUT2D eigenvalue weighted by Gasteiger charge is -2.24. The Balaban J connectivity index is 2.41. The summed E-state index contributed by atoms with van der Waals surface area (Å²) < 4.78 is 0. The van der Waals surface area contributed by atoms with Crippen LogP contribution in [0.15, 0.2) is 11.6 Å². The molecule has 0 aromatic rings. The number of rotatable bonds is 4. The van der Waals surface area contributed by atoms with Crippen LogP contribution in [0.1, 0.15) is 52.9 Å². The molecule has 92 valence electrons. The summed E-state index contributed by atoms with van der Waals surface area (Å²) in [7, 11) is 0. The van der Waals surface area contributed by atoms with Gasteiger partial charge in [-0.1, -0.05) is 38.3 Å². The molecule has 1 fully saturated rings. The lowest BCUT2D eigenvalue weighted by Crippen LogP contribution is -2.12. The van der Waals surface area contributed by atoms with E-state index in [0.717, 1.165) is 5.92 Å². The maximum absolute atomic E-state index is 10.7. The first-order valence-electron chi connectivity index (χ1n) is 6.39. The van der Waals surface area contributed by atoms with Crippen LogP contribution >= 0.6 is 0 Å². The number of carboxylic acids is 1. The topological polar surface area (TPSA) is 37.3 Å². The lowest BCUT2D eigenvalue weighted by atomic mass is 9.82. The van der Waals surface area contributed by atoms with Gasteiger partial charge in [-0.15, -0.1) is 0 Å². The van der Waals surface area contributed by atoms with Gasteiger partial charge in [0.15, 0.2) is 0 Å². The molecule has 1 aliphatic carbocycles. The first-order chi connectivity index (χ1) is 7.49. The summed E-state index contributed by atoms with van der Waals surface area (Å²) in [6.07, 6.45) is 8.21. The van der Waals surface area contributed by atoms with Gasteiger partial charge >= 0.3 is 5.97 Å². The minimum atomic E-state index is -0.690. The molecule has 0 bridgehead atoms. The molecule has 0 heterocycles. The molecule has 1 aliphatic rings. The average Bonchev–Trinajstić information content (AvgIpc) is 2.21. The Morgan fingerprint density at radius 1 is 1.38 bits per heavy atom. The van der Waals surface area contributed by atoms with Gasteiger partial charge < -0.3 is 5.11 Å². The molecule has 0 aliphatic heterocycles. The third-order valence-corrected chi connectivity index (χ3v) is 3.63. The van der Waals surface area contributed by atoms with E-state index in [1.807, 2.05) is 0 Å². The lowest BCUT2D eigenvalue weighted by molar-refractivity contribution is -0.141. The molecule has 2 heteroatoms. The highest BCUT2D eigenvalue weighted by molar-refractivity contribution is 5.69. The summed E-state index contributed by atoms with van der Waals surface area (Å²) in [5.41, 5.74) is 1.24. The molecule has 0 amide bonds. The van der Waals surface area contributed by atoms with Crippen molar-refractivity contribution in [2.24, 2.45) is 17.8 Å². The number of hydrogen-bond acceptors (Lipinski definition) is 1. The molecule has 1 unspecified atom stereocenters. The molecular weight excluding hydrogens is 200 g/mol. The molecule has 0 aromatic carbocycles. The van der Waals surface area contributed by atoms with E-state index in [0.29, 0.717) is 12.3 Å². The SMILES string of the molecule is C/C(=C\C1CCC(C)CC1)CC(C)C(=O)O. The minimum absolute atomic E-state index is 0.251. The fraction of sp³-hybridized carbons (Fsp3) is 0.786. The van der Waals surface area contributed by atoms with E-state index >= 15 is 0 Å². The highest BCUT2D eigenvalue weighted by Crippen LogP contribution is 2.30. The molecule has 1 N–H and O–H groups in total. The van der Waals surface area contributed by atoms with Crippen LogP contribution in [0.5, 0.6) is 0 Å². The molecule has 0 aromatic heterocycles. The van der Waals surface area contributed by atoms with Gasteiger partial charge in [-0.25, -0.2) is 0 Å². The largest absolute Gasteiger partial charge is 0.481 e. The molecule has 16 heavy (non-hydrogen) atoms. The second-order valence-electron chi connectivity index (χ2n) is 5.48. The van der Waals surface area contributed by atoms with Gasteiger partial charge in [0.25, 0.3) is 0 Å². The Hall–Kier alpha value is -0.790. The standard InChI is InChI=1S/C14H24O2/c1-10-4-6-13(7-5-10)9-11(2)8-12(3)14(15)16/h9-10,12-13H,4-8H2,1-3H3,(H,15,16)/b11-9+. The van der Waals surface area contributed by atoms with Crippen LogP contribution in [-0.4, -0.2) is 11.1 Å². The predicted octanol–water partition coefficient (Wildman–Crippen LogP) is 3.87. The van der Waals surface area contributed by atoms with E-state index in [1.54, 1.807) is 6.92 Å². The summed E-state index contributed by atoms with van der Waals surface area (Å²) >= 11 is 0. The van der Waals surface area contributed by atoms with E-state index in [4.69, 9.17) is 5.11 Å². The van der Waals surface area contributed by atoms with Gasteiger partial charge in [0, 0.05) is 0 Å². The number of carbonyl (C=O) groups is 1. The molecule has 0 radical (unpaired) electrons. The number of carboxylic acid groups (broad SMARTS) is 1. The maximum atomic E-state index is 10.7. The maximum Gasteiger partial charge on any atom is 0.306 e. The van der Waals surface area contributed by atoms with Gasteiger partial charge in [0.2, 0.25) is 0 Å². The zero-order chi connectivity index (χ0) is 12.1. The van der Waals surface area contributed by atoms with Crippen molar-refractivity contribution in [2.75, 3.05) is 0 Å². The predicted molar refractivity (Wildman–Crippen MR) is 66.3 cm³/mol. The van der Waals surface area contributed by atoms with Crippen LogP contribution in [0, 0.1) is 17.8 Å². The van der Waals surface area contributed by atoms with Crippen LogP contribution in [-0.2, 0) is 4.79 Å². The molecular formula is C14H24O2. The van der Waals surface area contributed by atoms with Crippen molar-refractivity contribution in [2.45, 2.75) is 52.9 Å². The molecule has 0 saturated heterocycles. The van der Waals surface area contributed by atoms with Crippen molar-refractivity contribution in [3.8, 4) is 0 Å². The van der Waals surface area contributed by atoms with Gasteiger partial charge in [0.1, 0.15) is 0 Å². The van der Waals surface area contributed by atoms with Crippen molar-refractivity contribution >= 4 is 5.97 Å². The Kier molecular flexibility index (Phi) is 5.04. The zero-order valence-corrected chi connectivity index (χ0v) is 10.7. The third-order valence-electron chi connectivity index (χ3n) is 3.63. The fourth-order valence-corrected chi connectivity index (χ4v) is 2.49. The normalized spacial score (nSPS) is 28.8. The summed E-state index contributed by atoms with van der Waals surface area (Å²) in [5, 5.41) is 8.84. The molecule has 0 spiro atoms. The molecule has 1 atom stereocenters. The first kappa shape index (κ1) is 13.3. The fourth-order valence-electron chi connectivity index (χ4n) is 2.49. The Morgan fingerprint density at radius 3 is 2.44 bits per heavy atom. The number of allylic oxidation sites excluding steroid dienone is 2. The highest BCUT2D eigenvalue weighted by Gasteiger charge is 2.17. The molecule has 1 saturated carbocycles. The van der Waals surface area contributed by atoms with Crippen LogP contribution in [0.4, 0.5) is 0 Å². The van der Waals surface area contributed by atoms with Gasteiger partial charge in [-0.3, -0.25) is 4.79 Å². The Bertz CT molecular complexity index is 260. The van der Waals surface area contributed by atoms with Crippen molar-refractivity contribution in [1.29, 1.82) is 0 Å². The van der Waals surface area contributed by atoms with Crippen LogP contribution in [0.3, 0.4) is 0 Å². The first-order valence-corrected chi connectivity index (χ1v) is 6.39. The monoisotopic (exact) mass is 224 g/mol.